The number of rotatable bonds is 3. The lowest BCUT2D eigenvalue weighted by atomic mass is 10.0. The van der Waals surface area contributed by atoms with E-state index in [1.807, 2.05) is 31.2 Å². The minimum absolute atomic E-state index is 0.134. The smallest absolute Gasteiger partial charge is 0.124 e. The first-order chi connectivity index (χ1) is 10.0. The minimum Gasteiger partial charge on any atom is -0.323 e. The first kappa shape index (κ1) is 14.5. The molecule has 2 aromatic carbocycles. The van der Waals surface area contributed by atoms with Gasteiger partial charge >= 0.3 is 0 Å². The molecule has 0 aliphatic rings. The maximum atomic E-state index is 13.2. The van der Waals surface area contributed by atoms with E-state index in [1.54, 1.807) is 12.1 Å². The summed E-state index contributed by atoms with van der Waals surface area (Å²) in [6.45, 7) is 2.01. The van der Waals surface area contributed by atoms with Crippen LogP contribution in [0.4, 0.5) is 4.39 Å². The van der Waals surface area contributed by atoms with E-state index in [0.717, 1.165) is 31.1 Å². The fraction of sp³-hybridized carbons (Fsp3) is 0.176. The third kappa shape index (κ3) is 3.10. The van der Waals surface area contributed by atoms with Gasteiger partial charge in [-0.25, -0.2) is 4.39 Å². The van der Waals surface area contributed by atoms with Crippen LogP contribution in [0.2, 0.25) is 5.02 Å². The molecule has 3 rings (SSSR count). The summed E-state index contributed by atoms with van der Waals surface area (Å²) in [5.74, 6) is -0.217. The molecule has 0 radical (unpaired) electrons. The minimum atomic E-state index is -0.217. The van der Waals surface area contributed by atoms with Gasteiger partial charge in [0.15, 0.2) is 0 Å². The van der Waals surface area contributed by atoms with Crippen LogP contribution in [-0.4, -0.2) is 0 Å². The van der Waals surface area contributed by atoms with Crippen molar-refractivity contribution in [2.45, 2.75) is 19.4 Å². The van der Waals surface area contributed by atoms with Crippen molar-refractivity contribution in [1.29, 1.82) is 0 Å². The second-order valence-electron chi connectivity index (χ2n) is 5.24. The molecule has 108 valence electrons. The molecule has 0 saturated heterocycles. The molecule has 0 aliphatic heterocycles. The number of aryl methyl sites for hydroxylation is 1. The van der Waals surface area contributed by atoms with Crippen molar-refractivity contribution < 1.29 is 4.39 Å². The summed E-state index contributed by atoms with van der Waals surface area (Å²) in [7, 11) is 0. The zero-order valence-electron chi connectivity index (χ0n) is 11.6. The quantitative estimate of drug-likeness (QED) is 0.701. The maximum Gasteiger partial charge on any atom is 0.124 e. The molecule has 0 spiro atoms. The summed E-state index contributed by atoms with van der Waals surface area (Å²) in [5, 5.41) is 1.78. The lowest BCUT2D eigenvalue weighted by Crippen LogP contribution is -2.12. The number of benzene rings is 2. The Bertz CT molecular complexity index is 797. The average molecular weight is 320 g/mol. The highest BCUT2D eigenvalue weighted by atomic mass is 35.5. The van der Waals surface area contributed by atoms with Gasteiger partial charge in [0.25, 0.3) is 0 Å². The van der Waals surface area contributed by atoms with Crippen LogP contribution in [-0.2, 0) is 6.42 Å². The first-order valence-corrected chi connectivity index (χ1v) is 7.92. The molecule has 1 heterocycles. The molecule has 1 atom stereocenters. The predicted molar refractivity (Wildman–Crippen MR) is 88.6 cm³/mol. The van der Waals surface area contributed by atoms with E-state index < -0.39 is 0 Å². The molecule has 2 N–H and O–H groups in total. The maximum absolute atomic E-state index is 13.2. The number of hydrogen-bond donors (Lipinski definition) is 1. The molecule has 0 fully saturated rings. The van der Waals surface area contributed by atoms with Crippen LogP contribution in [0, 0.1) is 12.7 Å². The van der Waals surface area contributed by atoms with Gasteiger partial charge in [0, 0.05) is 20.6 Å². The van der Waals surface area contributed by atoms with Crippen LogP contribution in [0.5, 0.6) is 0 Å². The van der Waals surface area contributed by atoms with Gasteiger partial charge < -0.3 is 5.73 Å². The molecule has 1 nitrogen and oxygen atoms in total. The lowest BCUT2D eigenvalue weighted by Gasteiger charge is -2.11. The van der Waals surface area contributed by atoms with Crippen LogP contribution in [0.1, 0.15) is 22.0 Å². The topological polar surface area (TPSA) is 26.0 Å². The number of hydrogen-bond acceptors (Lipinski definition) is 2. The van der Waals surface area contributed by atoms with Crippen LogP contribution in [0.25, 0.3) is 10.1 Å². The fourth-order valence-corrected chi connectivity index (χ4v) is 3.77. The van der Waals surface area contributed by atoms with Crippen LogP contribution in [0.15, 0.2) is 42.5 Å². The normalized spacial score (nSPS) is 12.8. The average Bonchev–Trinajstić information content (AvgIpc) is 2.85. The van der Waals surface area contributed by atoms with E-state index in [1.165, 1.54) is 17.4 Å². The number of nitrogens with two attached hydrogens (primary N) is 1. The third-order valence-corrected chi connectivity index (χ3v) is 5.10. The fourth-order valence-electron chi connectivity index (χ4n) is 2.36. The summed E-state index contributed by atoms with van der Waals surface area (Å²) < 4.78 is 14.2. The molecule has 21 heavy (non-hydrogen) atoms. The summed E-state index contributed by atoms with van der Waals surface area (Å²) in [6.07, 6.45) is 0.675. The molecular weight excluding hydrogens is 305 g/mol. The number of halogens is 2. The monoisotopic (exact) mass is 319 g/mol. The second kappa shape index (κ2) is 5.76. The van der Waals surface area contributed by atoms with Gasteiger partial charge in [-0.05, 0) is 54.1 Å². The predicted octanol–water partition coefficient (Wildman–Crippen LogP) is 5.24. The second-order valence-corrected chi connectivity index (χ2v) is 6.76. The highest BCUT2D eigenvalue weighted by Gasteiger charge is 2.13. The molecular formula is C17H15ClFNS. The molecule has 0 saturated carbocycles. The van der Waals surface area contributed by atoms with Gasteiger partial charge in [-0.3, -0.25) is 0 Å². The van der Waals surface area contributed by atoms with E-state index in [2.05, 4.69) is 0 Å². The van der Waals surface area contributed by atoms with Crippen molar-refractivity contribution in [2.24, 2.45) is 5.73 Å². The number of thiophene rings is 1. The largest absolute Gasteiger partial charge is 0.323 e. The zero-order chi connectivity index (χ0) is 15.0. The van der Waals surface area contributed by atoms with Crippen molar-refractivity contribution in [3.63, 3.8) is 0 Å². The third-order valence-electron chi connectivity index (χ3n) is 3.52. The Hall–Kier alpha value is -1.42. The summed E-state index contributed by atoms with van der Waals surface area (Å²) >= 11 is 7.80. The Morgan fingerprint density at radius 3 is 2.76 bits per heavy atom. The molecule has 4 heteroatoms. The van der Waals surface area contributed by atoms with E-state index >= 15 is 0 Å². The van der Waals surface area contributed by atoms with Gasteiger partial charge in [0.05, 0.1) is 0 Å². The molecule has 1 unspecified atom stereocenters. The Morgan fingerprint density at radius 1 is 1.19 bits per heavy atom. The van der Waals surface area contributed by atoms with Gasteiger partial charge in [-0.15, -0.1) is 11.3 Å². The Labute approximate surface area is 132 Å². The van der Waals surface area contributed by atoms with Crippen LogP contribution in [0.3, 0.4) is 0 Å². The van der Waals surface area contributed by atoms with Crippen molar-refractivity contribution in [1.82, 2.24) is 0 Å². The van der Waals surface area contributed by atoms with Crippen molar-refractivity contribution >= 4 is 33.0 Å². The summed E-state index contributed by atoms with van der Waals surface area (Å²) in [5.41, 5.74) is 8.47. The van der Waals surface area contributed by atoms with Gasteiger partial charge in [0.1, 0.15) is 5.82 Å². The highest BCUT2D eigenvalue weighted by Crippen LogP contribution is 2.32. The zero-order valence-corrected chi connectivity index (χ0v) is 13.1. The van der Waals surface area contributed by atoms with Gasteiger partial charge in [-0.2, -0.15) is 0 Å². The molecule has 3 aromatic rings. The Balaban J connectivity index is 1.87. The van der Waals surface area contributed by atoms with Crippen LogP contribution < -0.4 is 5.73 Å². The van der Waals surface area contributed by atoms with Crippen molar-refractivity contribution in [2.75, 3.05) is 0 Å². The summed E-state index contributed by atoms with van der Waals surface area (Å²) in [4.78, 5) is 1.05. The van der Waals surface area contributed by atoms with E-state index in [9.17, 15) is 4.39 Å². The van der Waals surface area contributed by atoms with E-state index in [0.29, 0.717) is 6.42 Å². The highest BCUT2D eigenvalue weighted by molar-refractivity contribution is 7.19. The molecule has 0 aliphatic carbocycles. The van der Waals surface area contributed by atoms with Crippen LogP contribution >= 0.6 is 22.9 Å². The number of fused-ring (bicyclic) bond motifs is 1. The SMILES string of the molecule is Cc1ccc(CC(N)c2cc3ccc(F)cc3s2)c(Cl)c1. The van der Waals surface area contributed by atoms with Gasteiger partial charge in [0.2, 0.25) is 0 Å². The van der Waals surface area contributed by atoms with E-state index in [-0.39, 0.29) is 11.9 Å². The lowest BCUT2D eigenvalue weighted by molar-refractivity contribution is 0.630. The Kier molecular flexibility index (Phi) is 3.98. The van der Waals surface area contributed by atoms with Crippen molar-refractivity contribution in [3.8, 4) is 0 Å². The molecule has 1 aromatic heterocycles. The molecule has 0 amide bonds. The van der Waals surface area contributed by atoms with Crippen molar-refractivity contribution in [3.05, 3.63) is 69.3 Å². The first-order valence-electron chi connectivity index (χ1n) is 6.72. The standard InChI is InChI=1S/C17H15ClFNS/c1-10-2-3-11(14(18)6-10)7-15(20)17-8-12-4-5-13(19)9-16(12)21-17/h2-6,8-9,15H,7,20H2,1H3. The molecule has 0 bridgehead atoms. The Morgan fingerprint density at radius 2 is 2.00 bits per heavy atom. The summed E-state index contributed by atoms with van der Waals surface area (Å²) in [6, 6.07) is 12.7. The van der Waals surface area contributed by atoms with Gasteiger partial charge in [-0.1, -0.05) is 29.8 Å². The van der Waals surface area contributed by atoms with E-state index in [4.69, 9.17) is 17.3 Å².